The highest BCUT2D eigenvalue weighted by Gasteiger charge is 2.17. The van der Waals surface area contributed by atoms with Gasteiger partial charge >= 0.3 is 5.97 Å². The number of hydrogen-bond donors (Lipinski definition) is 3. The van der Waals surface area contributed by atoms with Gasteiger partial charge in [0, 0.05) is 44.7 Å². The van der Waals surface area contributed by atoms with Crippen LogP contribution in [0, 0.1) is 0 Å². The molecule has 4 aromatic carbocycles. The Morgan fingerprint density at radius 1 is 0.727 bits per heavy atom. The number of anilines is 2. The average Bonchev–Trinajstić information content (AvgIpc) is 2.96. The molecule has 0 amide bonds. The molecular weight excluding hydrogens is 599 g/mol. The van der Waals surface area contributed by atoms with E-state index in [0.717, 1.165) is 55.0 Å². The number of carbonyl (C=O) groups is 1. The Hall–Kier alpha value is -4.53. The predicted octanol–water partition coefficient (Wildman–Crippen LogP) is 8.35. The molecule has 6 rings (SSSR count). The van der Waals surface area contributed by atoms with E-state index >= 15 is 0 Å². The molecule has 0 bridgehead atoms. The molecule has 0 radical (unpaired) electrons. The molecular formula is C34H30Cl2N4O4. The van der Waals surface area contributed by atoms with Crippen LogP contribution in [0.4, 0.5) is 11.4 Å². The van der Waals surface area contributed by atoms with E-state index in [-0.39, 0.29) is 12.4 Å². The van der Waals surface area contributed by atoms with Crippen LogP contribution >= 0.6 is 23.2 Å². The van der Waals surface area contributed by atoms with Gasteiger partial charge in [0.05, 0.1) is 33.4 Å². The summed E-state index contributed by atoms with van der Waals surface area (Å²) >= 11 is 12.6. The zero-order chi connectivity index (χ0) is 31.0. The first-order chi connectivity index (χ1) is 21.0. The second-order valence-electron chi connectivity index (χ2n) is 11.4. The van der Waals surface area contributed by atoms with Crippen LogP contribution < -0.4 is 15.4 Å². The Labute approximate surface area is 263 Å². The first kappa shape index (κ1) is 29.5. The maximum Gasteiger partial charge on any atom is 0.344 e. The van der Waals surface area contributed by atoms with Gasteiger partial charge in [-0.05, 0) is 93.6 Å². The van der Waals surface area contributed by atoms with Crippen molar-refractivity contribution in [2.24, 2.45) is 0 Å². The van der Waals surface area contributed by atoms with Crippen molar-refractivity contribution in [2.45, 2.75) is 26.4 Å². The van der Waals surface area contributed by atoms with E-state index in [0.29, 0.717) is 28.9 Å². The molecule has 6 aromatic rings. The summed E-state index contributed by atoms with van der Waals surface area (Å²) in [7, 11) is 0. The summed E-state index contributed by atoms with van der Waals surface area (Å²) in [5, 5.41) is 22.0. The SMILES string of the molecule is CC(C)(C)OC(=O)COc1ccc2nc3cc(Cl)ccc3c(NCCNc3c4ccc(Cl)cc4nc4ccc(O)cc34)c2c1. The van der Waals surface area contributed by atoms with Crippen molar-refractivity contribution >= 4 is 84.2 Å². The summed E-state index contributed by atoms with van der Waals surface area (Å²) in [6, 6.07) is 21.8. The summed E-state index contributed by atoms with van der Waals surface area (Å²) in [5.74, 6) is 0.236. The molecule has 0 saturated carbocycles. The molecule has 0 spiro atoms. The Morgan fingerprint density at radius 3 is 1.84 bits per heavy atom. The zero-order valence-electron chi connectivity index (χ0n) is 24.4. The third-order valence-corrected chi connectivity index (χ3v) is 7.40. The lowest BCUT2D eigenvalue weighted by Gasteiger charge is -2.19. The summed E-state index contributed by atoms with van der Waals surface area (Å²) < 4.78 is 11.2. The van der Waals surface area contributed by atoms with Gasteiger partial charge in [0.1, 0.15) is 17.1 Å². The van der Waals surface area contributed by atoms with E-state index in [2.05, 4.69) is 10.6 Å². The van der Waals surface area contributed by atoms with Gasteiger partial charge in [-0.2, -0.15) is 0 Å². The summed E-state index contributed by atoms with van der Waals surface area (Å²) in [6.07, 6.45) is 0. The van der Waals surface area contributed by atoms with E-state index in [1.54, 1.807) is 24.3 Å². The van der Waals surface area contributed by atoms with E-state index in [1.807, 2.05) is 69.3 Å². The monoisotopic (exact) mass is 628 g/mol. The lowest BCUT2D eigenvalue weighted by atomic mass is 10.1. The number of ether oxygens (including phenoxy) is 2. The van der Waals surface area contributed by atoms with Crippen molar-refractivity contribution in [3.8, 4) is 11.5 Å². The third-order valence-electron chi connectivity index (χ3n) is 6.93. The number of pyridine rings is 2. The van der Waals surface area contributed by atoms with Crippen LogP contribution in [0.15, 0.2) is 72.8 Å². The molecule has 44 heavy (non-hydrogen) atoms. The van der Waals surface area contributed by atoms with E-state index < -0.39 is 11.6 Å². The number of benzene rings is 4. The molecule has 0 atom stereocenters. The molecule has 0 fully saturated rings. The van der Waals surface area contributed by atoms with Gasteiger partial charge in [0.2, 0.25) is 0 Å². The lowest BCUT2D eigenvalue weighted by Crippen LogP contribution is -2.27. The number of esters is 1. The van der Waals surface area contributed by atoms with Crippen LogP contribution in [0.25, 0.3) is 43.6 Å². The molecule has 0 aliphatic rings. The van der Waals surface area contributed by atoms with Crippen molar-refractivity contribution in [2.75, 3.05) is 30.3 Å². The molecule has 2 heterocycles. The molecule has 2 aromatic heterocycles. The summed E-state index contributed by atoms with van der Waals surface area (Å²) in [6.45, 7) is 6.32. The highest BCUT2D eigenvalue weighted by Crippen LogP contribution is 2.36. The van der Waals surface area contributed by atoms with Crippen LogP contribution in [0.3, 0.4) is 0 Å². The van der Waals surface area contributed by atoms with Gasteiger partial charge in [-0.1, -0.05) is 23.2 Å². The number of carbonyl (C=O) groups excluding carboxylic acids is 1. The minimum Gasteiger partial charge on any atom is -0.508 e. The van der Waals surface area contributed by atoms with Crippen molar-refractivity contribution < 1.29 is 19.4 Å². The standard InChI is InChI=1S/C34H30Cl2N4O4/c1-34(2,3)44-31(42)18-43-22-7-11-28-26(17-22)33(24-9-5-20(36)15-30(24)40-28)38-13-12-37-32-23-8-4-19(35)14-29(23)39-27-10-6-21(41)16-25(27)32/h4-11,14-17,41H,12-13,18H2,1-3H3,(H,37,39)(H,38,40). The number of phenolic OH excluding ortho intramolecular Hbond substituents is 1. The number of phenols is 1. The van der Waals surface area contributed by atoms with Gasteiger partial charge in [0.25, 0.3) is 0 Å². The van der Waals surface area contributed by atoms with Crippen LogP contribution in [-0.2, 0) is 9.53 Å². The maximum absolute atomic E-state index is 12.2. The lowest BCUT2D eigenvalue weighted by molar-refractivity contribution is -0.157. The van der Waals surface area contributed by atoms with Crippen molar-refractivity contribution in [3.05, 3.63) is 82.8 Å². The Kier molecular flexibility index (Phi) is 7.97. The number of aromatic hydroxyl groups is 1. The van der Waals surface area contributed by atoms with Crippen molar-refractivity contribution in [1.29, 1.82) is 0 Å². The Bertz CT molecular complexity index is 2060. The first-order valence-electron chi connectivity index (χ1n) is 14.1. The molecule has 0 saturated heterocycles. The fourth-order valence-electron chi connectivity index (χ4n) is 5.16. The van der Waals surface area contributed by atoms with E-state index in [1.165, 1.54) is 0 Å². The fraction of sp³-hybridized carbons (Fsp3) is 0.206. The number of hydrogen-bond acceptors (Lipinski definition) is 8. The third kappa shape index (κ3) is 6.37. The Morgan fingerprint density at radius 2 is 1.27 bits per heavy atom. The molecule has 3 N–H and O–H groups in total. The summed E-state index contributed by atoms with van der Waals surface area (Å²) in [4.78, 5) is 21.8. The number of nitrogens with zero attached hydrogens (tertiary/aromatic N) is 2. The molecule has 10 heteroatoms. The quantitative estimate of drug-likeness (QED) is 0.0877. The Balaban J connectivity index is 1.29. The molecule has 8 nitrogen and oxygen atoms in total. The molecule has 0 aliphatic carbocycles. The molecule has 0 unspecified atom stereocenters. The zero-order valence-corrected chi connectivity index (χ0v) is 25.9. The highest BCUT2D eigenvalue weighted by atomic mass is 35.5. The van der Waals surface area contributed by atoms with Crippen LogP contribution in [0.1, 0.15) is 20.8 Å². The van der Waals surface area contributed by atoms with Crippen LogP contribution in [-0.4, -0.2) is 46.3 Å². The fourth-order valence-corrected chi connectivity index (χ4v) is 5.49. The van der Waals surface area contributed by atoms with Gasteiger partial charge < -0.3 is 25.2 Å². The highest BCUT2D eigenvalue weighted by molar-refractivity contribution is 6.32. The second-order valence-corrected chi connectivity index (χ2v) is 12.3. The van der Waals surface area contributed by atoms with Crippen molar-refractivity contribution in [3.63, 3.8) is 0 Å². The number of rotatable bonds is 8. The van der Waals surface area contributed by atoms with Gasteiger partial charge in [-0.3, -0.25) is 0 Å². The topological polar surface area (TPSA) is 106 Å². The molecule has 224 valence electrons. The number of halogens is 2. The van der Waals surface area contributed by atoms with Crippen molar-refractivity contribution in [1.82, 2.24) is 9.97 Å². The van der Waals surface area contributed by atoms with E-state index in [9.17, 15) is 9.90 Å². The normalized spacial score (nSPS) is 11.8. The number of fused-ring (bicyclic) bond motifs is 4. The van der Waals surface area contributed by atoms with Gasteiger partial charge in [0.15, 0.2) is 6.61 Å². The smallest absolute Gasteiger partial charge is 0.344 e. The average molecular weight is 630 g/mol. The largest absolute Gasteiger partial charge is 0.508 e. The first-order valence-corrected chi connectivity index (χ1v) is 14.9. The second kappa shape index (κ2) is 11.9. The minimum absolute atomic E-state index is 0.159. The predicted molar refractivity (Wildman–Crippen MR) is 179 cm³/mol. The maximum atomic E-state index is 12.2. The van der Waals surface area contributed by atoms with Crippen LogP contribution in [0.5, 0.6) is 11.5 Å². The summed E-state index contributed by atoms with van der Waals surface area (Å²) in [5.41, 5.74) is 4.12. The number of nitrogens with one attached hydrogen (secondary N) is 2. The van der Waals surface area contributed by atoms with E-state index in [4.69, 9.17) is 42.6 Å². The molecule has 0 aliphatic heterocycles. The number of aromatic nitrogens is 2. The minimum atomic E-state index is -0.596. The van der Waals surface area contributed by atoms with Gasteiger partial charge in [-0.25, -0.2) is 14.8 Å². The van der Waals surface area contributed by atoms with Crippen LogP contribution in [0.2, 0.25) is 10.0 Å². The van der Waals surface area contributed by atoms with Gasteiger partial charge in [-0.15, -0.1) is 0 Å².